The van der Waals surface area contributed by atoms with Crippen molar-refractivity contribution < 1.29 is 18.7 Å². The Kier molecular flexibility index (Phi) is 4.28. The van der Waals surface area contributed by atoms with Crippen LogP contribution in [0.25, 0.3) is 0 Å². The second-order valence-corrected chi connectivity index (χ2v) is 8.54. The van der Waals surface area contributed by atoms with E-state index in [1.807, 2.05) is 16.8 Å². The maximum atomic E-state index is 13.4. The molecular formula is C19H17ClFNO3S. The predicted octanol–water partition coefficient (Wildman–Crippen LogP) is 4.23. The summed E-state index contributed by atoms with van der Waals surface area (Å²) in [5.41, 5.74) is 0.543. The highest BCUT2D eigenvalue weighted by molar-refractivity contribution is 7.08. The summed E-state index contributed by atoms with van der Waals surface area (Å²) in [5, 5.41) is 6.83. The molecule has 1 aromatic carbocycles. The molecule has 0 unspecified atom stereocenters. The van der Waals surface area contributed by atoms with E-state index < -0.39 is 5.82 Å². The molecule has 0 spiro atoms. The topological polar surface area (TPSA) is 55.4 Å². The number of nitrogens with one attached hydrogen (secondary N) is 1. The molecule has 0 radical (unpaired) electrons. The Balaban J connectivity index is 1.23. The molecule has 3 aliphatic carbocycles. The van der Waals surface area contributed by atoms with Gasteiger partial charge in [0.05, 0.1) is 10.6 Å². The number of hydrogen-bond acceptors (Lipinski definition) is 4. The molecule has 5 rings (SSSR count). The molecule has 2 aromatic rings. The molecule has 1 aromatic heterocycles. The fraction of sp³-hybridized carbons (Fsp3) is 0.368. The summed E-state index contributed by atoms with van der Waals surface area (Å²) < 4.78 is 18.7. The third-order valence-corrected chi connectivity index (χ3v) is 6.16. The molecule has 3 saturated carbocycles. The Morgan fingerprint density at radius 1 is 1.27 bits per heavy atom. The third kappa shape index (κ3) is 3.23. The van der Waals surface area contributed by atoms with Crippen molar-refractivity contribution in [3.05, 3.63) is 51.4 Å². The van der Waals surface area contributed by atoms with Gasteiger partial charge in [0.2, 0.25) is 0 Å². The van der Waals surface area contributed by atoms with Gasteiger partial charge in [0, 0.05) is 23.4 Å². The van der Waals surface area contributed by atoms with Crippen LogP contribution in [0.2, 0.25) is 5.02 Å². The van der Waals surface area contributed by atoms with E-state index in [-0.39, 0.29) is 40.0 Å². The van der Waals surface area contributed by atoms with E-state index in [4.69, 9.17) is 16.3 Å². The molecule has 7 heteroatoms. The minimum absolute atomic E-state index is 0.00633. The Labute approximate surface area is 159 Å². The molecule has 3 aliphatic rings. The van der Waals surface area contributed by atoms with Crippen molar-refractivity contribution in [3.63, 3.8) is 0 Å². The van der Waals surface area contributed by atoms with E-state index in [1.54, 1.807) is 0 Å². The molecule has 1 amide bonds. The number of halogens is 2. The minimum atomic E-state index is -0.570. The lowest BCUT2D eigenvalue weighted by molar-refractivity contribution is -0.162. The van der Waals surface area contributed by atoms with Gasteiger partial charge in [0.15, 0.2) is 5.78 Å². The molecule has 0 aliphatic heterocycles. The number of rotatable bonds is 7. The second-order valence-electron chi connectivity index (χ2n) is 7.36. The number of thiophene rings is 1. The van der Waals surface area contributed by atoms with Crippen LogP contribution in [0.3, 0.4) is 0 Å². The summed E-state index contributed by atoms with van der Waals surface area (Å²) in [7, 11) is 0. The lowest BCUT2D eigenvalue weighted by Crippen LogP contribution is -2.75. The zero-order valence-corrected chi connectivity index (χ0v) is 15.5. The molecule has 0 atom stereocenters. The number of ketones is 1. The van der Waals surface area contributed by atoms with Gasteiger partial charge in [0.25, 0.3) is 5.91 Å². The van der Waals surface area contributed by atoms with Gasteiger partial charge >= 0.3 is 0 Å². The monoisotopic (exact) mass is 393 g/mol. The van der Waals surface area contributed by atoms with Crippen LogP contribution in [0.5, 0.6) is 5.75 Å². The summed E-state index contributed by atoms with van der Waals surface area (Å²) in [5.74, 6) is -0.339. The van der Waals surface area contributed by atoms with Crippen LogP contribution in [0.1, 0.15) is 36.0 Å². The summed E-state index contributed by atoms with van der Waals surface area (Å²) in [6, 6.07) is 5.92. The minimum Gasteiger partial charge on any atom is -0.486 e. The van der Waals surface area contributed by atoms with Crippen LogP contribution < -0.4 is 10.1 Å². The lowest BCUT2D eigenvalue weighted by atomic mass is 9.38. The molecule has 1 heterocycles. The van der Waals surface area contributed by atoms with Gasteiger partial charge < -0.3 is 10.1 Å². The molecule has 136 valence electrons. The number of benzene rings is 1. The number of carbonyl (C=O) groups excluding carboxylic acids is 2. The standard InChI is InChI=1S/C19H17ClFNO3S/c20-15-2-1-14(5-16(15)21)25-7-13(23)6-18-9-19(10-18,11-18)22-17(24)12-3-4-26-8-12/h1-5,8H,6-7,9-11H2,(H,22,24). The van der Waals surface area contributed by atoms with E-state index in [2.05, 4.69) is 5.32 Å². The highest BCUT2D eigenvalue weighted by atomic mass is 35.5. The first-order valence-corrected chi connectivity index (χ1v) is 9.65. The van der Waals surface area contributed by atoms with E-state index in [0.717, 1.165) is 19.3 Å². The summed E-state index contributed by atoms with van der Waals surface area (Å²) in [4.78, 5) is 24.3. The van der Waals surface area contributed by atoms with E-state index >= 15 is 0 Å². The SMILES string of the molecule is O=C(COc1ccc(Cl)c(F)c1)CC12CC(NC(=O)c3ccsc3)(C1)C2. The predicted molar refractivity (Wildman–Crippen MR) is 97.3 cm³/mol. The molecule has 2 bridgehead atoms. The fourth-order valence-electron chi connectivity index (χ4n) is 4.22. The first-order valence-electron chi connectivity index (χ1n) is 8.33. The largest absolute Gasteiger partial charge is 0.486 e. The average molecular weight is 394 g/mol. The highest BCUT2D eigenvalue weighted by Gasteiger charge is 2.68. The van der Waals surface area contributed by atoms with Crippen LogP contribution in [-0.4, -0.2) is 23.8 Å². The maximum Gasteiger partial charge on any atom is 0.252 e. The van der Waals surface area contributed by atoms with Crippen molar-refractivity contribution in [1.82, 2.24) is 5.32 Å². The second kappa shape index (κ2) is 6.35. The smallest absolute Gasteiger partial charge is 0.252 e. The summed E-state index contributed by atoms with van der Waals surface area (Å²) in [6.45, 7) is -0.0862. The average Bonchev–Trinajstić information content (AvgIpc) is 3.07. The lowest BCUT2D eigenvalue weighted by Gasteiger charge is -2.70. The van der Waals surface area contributed by atoms with Crippen molar-refractivity contribution in [2.24, 2.45) is 5.41 Å². The van der Waals surface area contributed by atoms with Crippen LogP contribution >= 0.6 is 22.9 Å². The normalized spacial score (nSPS) is 25.8. The Morgan fingerprint density at radius 3 is 2.69 bits per heavy atom. The number of ether oxygens (including phenoxy) is 1. The van der Waals surface area contributed by atoms with Crippen LogP contribution in [0, 0.1) is 11.2 Å². The number of Topliss-reactive ketones (excluding diaryl/α,β-unsaturated/α-hetero) is 1. The van der Waals surface area contributed by atoms with Gasteiger partial charge in [-0.15, -0.1) is 0 Å². The van der Waals surface area contributed by atoms with Gasteiger partial charge in [-0.05, 0) is 48.3 Å². The van der Waals surface area contributed by atoms with Gasteiger partial charge in [-0.25, -0.2) is 4.39 Å². The van der Waals surface area contributed by atoms with Gasteiger partial charge in [0.1, 0.15) is 18.2 Å². The van der Waals surface area contributed by atoms with Gasteiger partial charge in [-0.2, -0.15) is 11.3 Å². The molecule has 1 N–H and O–H groups in total. The van der Waals surface area contributed by atoms with Crippen LogP contribution in [-0.2, 0) is 4.79 Å². The van der Waals surface area contributed by atoms with Crippen molar-refractivity contribution in [2.45, 2.75) is 31.2 Å². The number of carbonyl (C=O) groups is 2. The molecule has 4 nitrogen and oxygen atoms in total. The first kappa shape index (κ1) is 17.5. The molecule has 0 saturated heterocycles. The van der Waals surface area contributed by atoms with Gasteiger partial charge in [-0.1, -0.05) is 11.6 Å². The summed E-state index contributed by atoms with van der Waals surface area (Å²) in [6.07, 6.45) is 2.92. The van der Waals surface area contributed by atoms with E-state index in [9.17, 15) is 14.0 Å². The Bertz CT molecular complexity index is 848. The maximum absolute atomic E-state index is 13.4. The van der Waals surface area contributed by atoms with Crippen LogP contribution in [0.15, 0.2) is 35.0 Å². The third-order valence-electron chi connectivity index (χ3n) is 5.17. The Morgan fingerprint density at radius 2 is 2.04 bits per heavy atom. The van der Waals surface area contributed by atoms with Crippen molar-refractivity contribution in [1.29, 1.82) is 0 Å². The fourth-order valence-corrected chi connectivity index (χ4v) is 4.98. The Hall–Kier alpha value is -1.92. The zero-order chi connectivity index (χ0) is 18.4. The summed E-state index contributed by atoms with van der Waals surface area (Å²) >= 11 is 7.11. The van der Waals surface area contributed by atoms with E-state index in [0.29, 0.717) is 12.0 Å². The van der Waals surface area contributed by atoms with Crippen molar-refractivity contribution >= 4 is 34.6 Å². The van der Waals surface area contributed by atoms with Crippen molar-refractivity contribution in [2.75, 3.05) is 6.61 Å². The molecule has 3 fully saturated rings. The number of amides is 1. The van der Waals surface area contributed by atoms with Crippen LogP contribution in [0.4, 0.5) is 4.39 Å². The quantitative estimate of drug-likeness (QED) is 0.765. The molecule has 26 heavy (non-hydrogen) atoms. The first-order chi connectivity index (χ1) is 12.4. The molecular weight excluding hydrogens is 377 g/mol. The zero-order valence-electron chi connectivity index (χ0n) is 13.9. The number of hydrogen-bond donors (Lipinski definition) is 1. The van der Waals surface area contributed by atoms with Crippen molar-refractivity contribution in [3.8, 4) is 5.75 Å². The van der Waals surface area contributed by atoms with E-state index in [1.165, 1.54) is 29.5 Å². The van der Waals surface area contributed by atoms with Gasteiger partial charge in [-0.3, -0.25) is 9.59 Å². The highest BCUT2D eigenvalue weighted by Crippen LogP contribution is 2.69.